The van der Waals surface area contributed by atoms with Gasteiger partial charge in [-0.1, -0.05) is 6.92 Å². The van der Waals surface area contributed by atoms with Crippen molar-refractivity contribution in [2.75, 3.05) is 5.32 Å². The van der Waals surface area contributed by atoms with E-state index in [4.69, 9.17) is 4.98 Å². The largest absolute Gasteiger partial charge is 0.360 e. The van der Waals surface area contributed by atoms with Crippen molar-refractivity contribution < 1.29 is 0 Å². The van der Waals surface area contributed by atoms with Crippen LogP contribution in [0.3, 0.4) is 0 Å². The van der Waals surface area contributed by atoms with Crippen LogP contribution in [-0.2, 0) is 13.5 Å². The van der Waals surface area contributed by atoms with Crippen LogP contribution in [0.25, 0.3) is 11.0 Å². The molecule has 3 rings (SSSR count). The van der Waals surface area contributed by atoms with Crippen LogP contribution in [0.5, 0.6) is 0 Å². The third-order valence-corrected chi connectivity index (χ3v) is 4.01. The van der Waals surface area contributed by atoms with Gasteiger partial charge < -0.3 is 9.88 Å². The lowest BCUT2D eigenvalue weighted by Crippen LogP contribution is -2.16. The Kier molecular flexibility index (Phi) is 4.46. The van der Waals surface area contributed by atoms with Gasteiger partial charge in [-0.15, -0.1) is 10.2 Å². The van der Waals surface area contributed by atoms with Crippen molar-refractivity contribution in [1.29, 1.82) is 0 Å². The average Bonchev–Trinajstić information content (AvgIpc) is 3.15. The Morgan fingerprint density at radius 2 is 2.00 bits per heavy atom. The predicted molar refractivity (Wildman–Crippen MR) is 92.7 cm³/mol. The second-order valence-corrected chi connectivity index (χ2v) is 6.30. The first-order valence-electron chi connectivity index (χ1n) is 8.35. The molecule has 3 heterocycles. The summed E-state index contributed by atoms with van der Waals surface area (Å²) in [6, 6.07) is 0.279. The highest BCUT2D eigenvalue weighted by Gasteiger charge is 2.18. The molecule has 1 N–H and O–H groups in total. The molecular formula is C16H24N8. The summed E-state index contributed by atoms with van der Waals surface area (Å²) in [7, 11) is 1.90. The molecule has 0 bridgehead atoms. The summed E-state index contributed by atoms with van der Waals surface area (Å²) in [6.45, 7) is 8.41. The Bertz CT molecular complexity index is 832. The first-order valence-corrected chi connectivity index (χ1v) is 8.35. The molecule has 24 heavy (non-hydrogen) atoms. The molecule has 3 aromatic rings. The van der Waals surface area contributed by atoms with E-state index in [0.717, 1.165) is 41.3 Å². The van der Waals surface area contributed by atoms with E-state index in [1.807, 2.05) is 7.05 Å². The Hall–Kier alpha value is -2.51. The Balaban J connectivity index is 1.98. The van der Waals surface area contributed by atoms with Gasteiger partial charge in [-0.2, -0.15) is 5.10 Å². The maximum atomic E-state index is 4.70. The van der Waals surface area contributed by atoms with E-state index in [1.54, 1.807) is 17.2 Å². The Morgan fingerprint density at radius 3 is 2.71 bits per heavy atom. The number of hydrogen-bond donors (Lipinski definition) is 1. The highest BCUT2D eigenvalue weighted by molar-refractivity contribution is 5.86. The number of rotatable bonds is 6. The van der Waals surface area contributed by atoms with Crippen LogP contribution in [-0.4, -0.2) is 34.5 Å². The van der Waals surface area contributed by atoms with Crippen LogP contribution in [0.2, 0.25) is 0 Å². The van der Waals surface area contributed by atoms with E-state index in [0.29, 0.717) is 6.04 Å². The fraction of sp³-hybridized carbons (Fsp3) is 0.562. The van der Waals surface area contributed by atoms with Gasteiger partial charge in [0, 0.05) is 19.5 Å². The van der Waals surface area contributed by atoms with Crippen LogP contribution < -0.4 is 5.32 Å². The topological polar surface area (TPSA) is 86.3 Å². The Morgan fingerprint density at radius 1 is 1.21 bits per heavy atom. The van der Waals surface area contributed by atoms with Gasteiger partial charge in [-0.3, -0.25) is 4.68 Å². The lowest BCUT2D eigenvalue weighted by molar-refractivity contribution is 0.552. The highest BCUT2D eigenvalue weighted by Crippen LogP contribution is 2.25. The van der Waals surface area contributed by atoms with E-state index < -0.39 is 0 Å². The highest BCUT2D eigenvalue weighted by atomic mass is 15.3. The number of nitrogens with zero attached hydrogens (tertiary/aromatic N) is 7. The molecule has 0 spiro atoms. The number of anilines is 1. The number of nitrogens with one attached hydrogen (secondary N) is 1. The average molecular weight is 328 g/mol. The monoisotopic (exact) mass is 328 g/mol. The lowest BCUT2D eigenvalue weighted by Gasteiger charge is -2.18. The van der Waals surface area contributed by atoms with Crippen molar-refractivity contribution in [1.82, 2.24) is 34.5 Å². The van der Waals surface area contributed by atoms with E-state index in [1.165, 1.54) is 0 Å². The van der Waals surface area contributed by atoms with E-state index in [2.05, 4.69) is 57.9 Å². The normalized spacial score (nSPS) is 12.9. The summed E-state index contributed by atoms with van der Waals surface area (Å²) in [5.74, 6) is 2.51. The summed E-state index contributed by atoms with van der Waals surface area (Å²) >= 11 is 0. The second-order valence-electron chi connectivity index (χ2n) is 6.30. The molecule has 0 saturated carbocycles. The third kappa shape index (κ3) is 2.95. The first kappa shape index (κ1) is 16.4. The van der Waals surface area contributed by atoms with Gasteiger partial charge >= 0.3 is 0 Å². The van der Waals surface area contributed by atoms with Crippen LogP contribution in [0, 0.1) is 0 Å². The minimum Gasteiger partial charge on any atom is -0.360 e. The first-order chi connectivity index (χ1) is 11.5. The summed E-state index contributed by atoms with van der Waals surface area (Å²) < 4.78 is 3.84. The van der Waals surface area contributed by atoms with Crippen molar-refractivity contribution in [3.05, 3.63) is 24.2 Å². The zero-order valence-corrected chi connectivity index (χ0v) is 14.9. The van der Waals surface area contributed by atoms with Gasteiger partial charge in [0.15, 0.2) is 11.5 Å². The van der Waals surface area contributed by atoms with Crippen LogP contribution in [0.1, 0.15) is 57.8 Å². The van der Waals surface area contributed by atoms with Crippen molar-refractivity contribution in [3.8, 4) is 0 Å². The van der Waals surface area contributed by atoms with Crippen LogP contribution >= 0.6 is 0 Å². The molecule has 3 aromatic heterocycles. The third-order valence-electron chi connectivity index (χ3n) is 4.01. The number of hydrogen-bond acceptors (Lipinski definition) is 6. The Labute approximate surface area is 141 Å². The van der Waals surface area contributed by atoms with Gasteiger partial charge in [0.1, 0.15) is 18.0 Å². The molecule has 8 nitrogen and oxygen atoms in total. The molecule has 0 aliphatic carbocycles. The molecule has 0 aromatic carbocycles. The number of aryl methyl sites for hydroxylation is 2. The molecular weight excluding hydrogens is 304 g/mol. The molecule has 0 aliphatic rings. The molecule has 1 atom stereocenters. The fourth-order valence-corrected chi connectivity index (χ4v) is 2.74. The van der Waals surface area contributed by atoms with Gasteiger partial charge in [-0.05, 0) is 27.2 Å². The quantitative estimate of drug-likeness (QED) is 0.748. The smallest absolute Gasteiger partial charge is 0.163 e. The molecule has 0 fully saturated rings. The fourth-order valence-electron chi connectivity index (χ4n) is 2.74. The zero-order chi connectivity index (χ0) is 17.3. The van der Waals surface area contributed by atoms with E-state index in [9.17, 15) is 0 Å². The van der Waals surface area contributed by atoms with E-state index >= 15 is 0 Å². The lowest BCUT2D eigenvalue weighted by atomic mass is 10.2. The summed E-state index contributed by atoms with van der Waals surface area (Å²) in [5, 5.41) is 17.0. The van der Waals surface area contributed by atoms with Crippen molar-refractivity contribution in [2.45, 2.75) is 52.6 Å². The molecule has 0 saturated heterocycles. The van der Waals surface area contributed by atoms with Gasteiger partial charge in [0.05, 0.1) is 17.6 Å². The summed E-state index contributed by atoms with van der Waals surface area (Å²) in [4.78, 5) is 9.31. The minimum absolute atomic E-state index is 0.0253. The molecule has 0 aliphatic heterocycles. The standard InChI is InChI=1S/C16H24N8/c1-6-7-13-20-14(12-8-18-23(5)16(12)21-13)19-11(4)15-22-17-9-24(15)10(2)3/h8-11H,6-7H2,1-5H3,(H,19,20,21). The second kappa shape index (κ2) is 6.54. The molecule has 128 valence electrons. The SMILES string of the molecule is CCCc1nc(NC(C)c2nncn2C(C)C)c2cnn(C)c2n1. The van der Waals surface area contributed by atoms with Gasteiger partial charge in [-0.25, -0.2) is 9.97 Å². The summed E-state index contributed by atoms with van der Waals surface area (Å²) in [5.41, 5.74) is 0.841. The number of aromatic nitrogens is 7. The molecule has 8 heteroatoms. The maximum absolute atomic E-state index is 4.70. The molecule has 0 radical (unpaired) electrons. The van der Waals surface area contributed by atoms with Crippen LogP contribution in [0.15, 0.2) is 12.5 Å². The predicted octanol–water partition coefficient (Wildman–Crippen LogP) is 2.66. The molecule has 0 amide bonds. The van der Waals surface area contributed by atoms with Gasteiger partial charge in [0.25, 0.3) is 0 Å². The minimum atomic E-state index is -0.0253. The number of fused-ring (bicyclic) bond motifs is 1. The summed E-state index contributed by atoms with van der Waals surface area (Å²) in [6.07, 6.45) is 5.40. The zero-order valence-electron chi connectivity index (χ0n) is 14.9. The van der Waals surface area contributed by atoms with Crippen molar-refractivity contribution in [3.63, 3.8) is 0 Å². The van der Waals surface area contributed by atoms with Gasteiger partial charge in [0.2, 0.25) is 0 Å². The maximum Gasteiger partial charge on any atom is 0.163 e. The van der Waals surface area contributed by atoms with E-state index in [-0.39, 0.29) is 6.04 Å². The molecule has 1 unspecified atom stereocenters. The van der Waals surface area contributed by atoms with Crippen molar-refractivity contribution in [2.24, 2.45) is 7.05 Å². The van der Waals surface area contributed by atoms with Crippen LogP contribution in [0.4, 0.5) is 5.82 Å². The van der Waals surface area contributed by atoms with Crippen molar-refractivity contribution >= 4 is 16.9 Å².